The second-order valence-corrected chi connectivity index (χ2v) is 5.77. The molecule has 6 heteroatoms. The monoisotopic (exact) mass is 302 g/mol. The average molecular weight is 302 g/mol. The van der Waals surface area contributed by atoms with E-state index in [0.717, 1.165) is 6.54 Å². The maximum absolute atomic E-state index is 6.03. The number of rotatable bonds is 4. The fourth-order valence-electron chi connectivity index (χ4n) is 2.78. The zero-order valence-corrected chi connectivity index (χ0v) is 13.0. The summed E-state index contributed by atoms with van der Waals surface area (Å²) < 4.78 is 11.1. The quantitative estimate of drug-likeness (QED) is 0.928. The van der Waals surface area contributed by atoms with Crippen LogP contribution in [-0.4, -0.2) is 34.2 Å². The number of ether oxygens (including phenoxy) is 1. The first kappa shape index (κ1) is 15.1. The van der Waals surface area contributed by atoms with Crippen molar-refractivity contribution in [1.82, 2.24) is 15.0 Å². The Labute approximate surface area is 130 Å². The lowest BCUT2D eigenvalue weighted by Crippen LogP contribution is -2.44. The number of hydrogen-bond acceptors (Lipinski definition) is 6. The number of aryl methyl sites for hydroxylation is 1. The summed E-state index contributed by atoms with van der Waals surface area (Å²) >= 11 is 0. The van der Waals surface area contributed by atoms with E-state index in [-0.39, 0.29) is 12.6 Å². The van der Waals surface area contributed by atoms with Crippen LogP contribution in [0.4, 0.5) is 0 Å². The lowest BCUT2D eigenvalue weighted by Gasteiger charge is -2.37. The summed E-state index contributed by atoms with van der Waals surface area (Å²) in [4.78, 5) is 6.61. The minimum absolute atomic E-state index is 0.0817. The minimum Gasteiger partial charge on any atom is -0.371 e. The first-order chi connectivity index (χ1) is 10.7. The van der Waals surface area contributed by atoms with E-state index >= 15 is 0 Å². The summed E-state index contributed by atoms with van der Waals surface area (Å²) in [6.07, 6.45) is 0.0817. The van der Waals surface area contributed by atoms with E-state index in [1.807, 2.05) is 0 Å². The van der Waals surface area contributed by atoms with Crippen LogP contribution in [0.1, 0.15) is 35.9 Å². The molecule has 0 amide bonds. The molecule has 3 rings (SSSR count). The molecular formula is C16H22N4O2. The molecule has 2 aromatic rings. The second-order valence-electron chi connectivity index (χ2n) is 5.77. The number of hydrogen-bond donors (Lipinski definition) is 1. The van der Waals surface area contributed by atoms with Crippen LogP contribution in [0.15, 0.2) is 28.8 Å². The Bertz CT molecular complexity index is 628. The summed E-state index contributed by atoms with van der Waals surface area (Å²) in [6, 6.07) is 8.68. The van der Waals surface area contributed by atoms with Crippen LogP contribution in [0.3, 0.4) is 0 Å². The van der Waals surface area contributed by atoms with Crippen molar-refractivity contribution in [2.45, 2.75) is 39.1 Å². The third-order valence-electron chi connectivity index (χ3n) is 4.13. The predicted molar refractivity (Wildman–Crippen MR) is 81.9 cm³/mol. The fourth-order valence-corrected chi connectivity index (χ4v) is 2.78. The zero-order valence-electron chi connectivity index (χ0n) is 13.0. The molecule has 1 aromatic carbocycles. The van der Waals surface area contributed by atoms with E-state index in [1.54, 1.807) is 0 Å². The molecule has 0 aliphatic carbocycles. The van der Waals surface area contributed by atoms with E-state index in [9.17, 15) is 0 Å². The Morgan fingerprint density at radius 1 is 1.36 bits per heavy atom. The van der Waals surface area contributed by atoms with Gasteiger partial charge < -0.3 is 15.0 Å². The SMILES string of the molecule is Cc1ccccc1C1CN(Cc2noc(CN)n2)C(C)CO1. The van der Waals surface area contributed by atoms with Gasteiger partial charge in [0.15, 0.2) is 5.82 Å². The lowest BCUT2D eigenvalue weighted by atomic mass is 10.0. The number of benzene rings is 1. The van der Waals surface area contributed by atoms with Crippen molar-refractivity contribution in [2.24, 2.45) is 5.73 Å². The van der Waals surface area contributed by atoms with Gasteiger partial charge in [-0.05, 0) is 25.0 Å². The largest absolute Gasteiger partial charge is 0.371 e. The average Bonchev–Trinajstić information content (AvgIpc) is 2.98. The van der Waals surface area contributed by atoms with Crippen molar-refractivity contribution in [1.29, 1.82) is 0 Å². The normalized spacial score (nSPS) is 22.9. The Hall–Kier alpha value is -1.76. The van der Waals surface area contributed by atoms with E-state index < -0.39 is 0 Å². The zero-order chi connectivity index (χ0) is 15.5. The third-order valence-corrected chi connectivity index (χ3v) is 4.13. The van der Waals surface area contributed by atoms with Gasteiger partial charge in [-0.15, -0.1) is 0 Å². The maximum atomic E-state index is 6.03. The van der Waals surface area contributed by atoms with Crippen molar-refractivity contribution in [2.75, 3.05) is 13.2 Å². The highest BCUT2D eigenvalue weighted by atomic mass is 16.5. The molecule has 22 heavy (non-hydrogen) atoms. The minimum atomic E-state index is 0.0817. The topological polar surface area (TPSA) is 77.4 Å². The van der Waals surface area contributed by atoms with Crippen molar-refractivity contribution in [3.63, 3.8) is 0 Å². The molecule has 1 aromatic heterocycles. The van der Waals surface area contributed by atoms with Gasteiger partial charge in [0.05, 0.1) is 25.8 Å². The van der Waals surface area contributed by atoms with Gasteiger partial charge in [0.2, 0.25) is 5.89 Å². The third kappa shape index (κ3) is 3.19. The van der Waals surface area contributed by atoms with Crippen LogP contribution in [0.25, 0.3) is 0 Å². The Balaban J connectivity index is 1.72. The van der Waals surface area contributed by atoms with Crippen LogP contribution >= 0.6 is 0 Å². The summed E-state index contributed by atoms with van der Waals surface area (Å²) in [7, 11) is 0. The van der Waals surface area contributed by atoms with Gasteiger partial charge in [-0.25, -0.2) is 0 Å². The van der Waals surface area contributed by atoms with Gasteiger partial charge in [-0.1, -0.05) is 29.4 Å². The Morgan fingerprint density at radius 3 is 2.91 bits per heavy atom. The molecule has 2 unspecified atom stereocenters. The van der Waals surface area contributed by atoms with Gasteiger partial charge in [-0.2, -0.15) is 4.98 Å². The first-order valence-corrected chi connectivity index (χ1v) is 7.60. The molecule has 0 saturated carbocycles. The van der Waals surface area contributed by atoms with Gasteiger partial charge in [-0.3, -0.25) is 4.90 Å². The number of nitrogens with two attached hydrogens (primary N) is 1. The number of aromatic nitrogens is 2. The molecule has 6 nitrogen and oxygen atoms in total. The van der Waals surface area contributed by atoms with E-state index in [4.69, 9.17) is 15.0 Å². The highest BCUT2D eigenvalue weighted by Gasteiger charge is 2.28. The molecule has 2 N–H and O–H groups in total. The lowest BCUT2D eigenvalue weighted by molar-refractivity contribution is -0.0644. The fraction of sp³-hybridized carbons (Fsp3) is 0.500. The summed E-state index contributed by atoms with van der Waals surface area (Å²) in [5.74, 6) is 1.16. The molecule has 1 fully saturated rings. The first-order valence-electron chi connectivity index (χ1n) is 7.60. The number of morpholine rings is 1. The van der Waals surface area contributed by atoms with Crippen molar-refractivity contribution < 1.29 is 9.26 Å². The van der Waals surface area contributed by atoms with Crippen LogP contribution < -0.4 is 5.73 Å². The molecule has 0 bridgehead atoms. The van der Waals surface area contributed by atoms with E-state index in [0.29, 0.717) is 30.9 Å². The Morgan fingerprint density at radius 2 is 2.18 bits per heavy atom. The molecule has 0 spiro atoms. The Kier molecular flexibility index (Phi) is 4.52. The molecule has 1 saturated heterocycles. The van der Waals surface area contributed by atoms with Crippen molar-refractivity contribution in [3.8, 4) is 0 Å². The smallest absolute Gasteiger partial charge is 0.240 e. The summed E-state index contributed by atoms with van der Waals surface area (Å²) in [5.41, 5.74) is 8.01. The summed E-state index contributed by atoms with van der Waals surface area (Å²) in [6.45, 7) is 6.71. The molecule has 2 atom stereocenters. The molecule has 1 aliphatic rings. The highest BCUT2D eigenvalue weighted by Crippen LogP contribution is 2.27. The van der Waals surface area contributed by atoms with Gasteiger partial charge >= 0.3 is 0 Å². The summed E-state index contributed by atoms with van der Waals surface area (Å²) in [5, 5.41) is 3.98. The van der Waals surface area contributed by atoms with Gasteiger partial charge in [0, 0.05) is 12.6 Å². The highest BCUT2D eigenvalue weighted by molar-refractivity contribution is 5.28. The van der Waals surface area contributed by atoms with E-state index in [1.165, 1.54) is 11.1 Å². The second kappa shape index (κ2) is 6.56. The molecule has 118 valence electrons. The molecule has 0 radical (unpaired) electrons. The van der Waals surface area contributed by atoms with E-state index in [2.05, 4.69) is 53.2 Å². The van der Waals surface area contributed by atoms with Crippen LogP contribution in [0, 0.1) is 6.92 Å². The molecule has 2 heterocycles. The molecular weight excluding hydrogens is 280 g/mol. The van der Waals surface area contributed by atoms with Gasteiger partial charge in [0.1, 0.15) is 0 Å². The van der Waals surface area contributed by atoms with Crippen LogP contribution in [0.2, 0.25) is 0 Å². The molecule has 1 aliphatic heterocycles. The van der Waals surface area contributed by atoms with Crippen LogP contribution in [0.5, 0.6) is 0 Å². The predicted octanol–water partition coefficient (Wildman–Crippen LogP) is 1.80. The maximum Gasteiger partial charge on any atom is 0.240 e. The number of nitrogens with zero attached hydrogens (tertiary/aromatic N) is 3. The van der Waals surface area contributed by atoms with Crippen molar-refractivity contribution >= 4 is 0 Å². The van der Waals surface area contributed by atoms with Crippen molar-refractivity contribution in [3.05, 3.63) is 47.1 Å². The van der Waals surface area contributed by atoms with Crippen LogP contribution in [-0.2, 0) is 17.8 Å². The standard InChI is InChI=1S/C16H22N4O2/c1-11-5-3-4-6-13(11)14-8-20(12(2)10-21-14)9-15-18-16(7-17)22-19-15/h3-6,12,14H,7-10,17H2,1-2H3. The van der Waals surface area contributed by atoms with Gasteiger partial charge in [0.25, 0.3) is 0 Å².